The van der Waals surface area contributed by atoms with Gasteiger partial charge in [-0.05, 0) is 55.3 Å². The molecule has 0 aliphatic rings. The molecule has 0 fully saturated rings. The van der Waals surface area contributed by atoms with Crippen molar-refractivity contribution < 1.29 is 8.42 Å². The number of hydrogen-bond donors (Lipinski definition) is 2. The highest BCUT2D eigenvalue weighted by atomic mass is 79.9. The van der Waals surface area contributed by atoms with E-state index in [0.29, 0.717) is 5.69 Å². The molecule has 0 aliphatic heterocycles. The minimum atomic E-state index is -3.69. The molecule has 2 aromatic rings. The fraction of sp³-hybridized carbons (Fsp3) is 0.143. The fourth-order valence-electron chi connectivity index (χ4n) is 1.78. The minimum absolute atomic E-state index is 0.0685. The monoisotopic (exact) mass is 354 g/mol. The van der Waals surface area contributed by atoms with Gasteiger partial charge in [0.1, 0.15) is 4.90 Å². The van der Waals surface area contributed by atoms with Gasteiger partial charge in [-0.25, -0.2) is 8.42 Å². The number of sulfonamides is 1. The number of nitrogens with one attached hydrogen (secondary N) is 1. The lowest BCUT2D eigenvalue weighted by Gasteiger charge is -2.11. The molecule has 106 valence electrons. The summed E-state index contributed by atoms with van der Waals surface area (Å²) in [6, 6.07) is 10.1. The molecule has 0 aromatic heterocycles. The van der Waals surface area contributed by atoms with E-state index in [4.69, 9.17) is 5.73 Å². The second-order valence-corrected chi connectivity index (χ2v) is 7.15. The minimum Gasteiger partial charge on any atom is -0.398 e. The fourth-order valence-corrected chi connectivity index (χ4v) is 3.32. The van der Waals surface area contributed by atoms with Crippen LogP contribution < -0.4 is 10.5 Å². The third-order valence-electron chi connectivity index (χ3n) is 3.02. The summed E-state index contributed by atoms with van der Waals surface area (Å²) in [4.78, 5) is 0.0685. The largest absolute Gasteiger partial charge is 0.398 e. The van der Waals surface area contributed by atoms with Gasteiger partial charge >= 0.3 is 0 Å². The number of nitrogens with two attached hydrogens (primary N) is 1. The van der Waals surface area contributed by atoms with Gasteiger partial charge in [0, 0.05) is 10.2 Å². The summed E-state index contributed by atoms with van der Waals surface area (Å²) in [6.07, 6.45) is 0. The lowest BCUT2D eigenvalue weighted by molar-refractivity contribution is 0.601. The van der Waals surface area contributed by atoms with Crippen molar-refractivity contribution in [1.29, 1.82) is 0 Å². The summed E-state index contributed by atoms with van der Waals surface area (Å²) in [7, 11) is -3.69. The number of aryl methyl sites for hydroxylation is 2. The van der Waals surface area contributed by atoms with Gasteiger partial charge in [0.05, 0.1) is 5.69 Å². The molecular weight excluding hydrogens is 340 g/mol. The molecule has 2 aromatic carbocycles. The SMILES string of the molecule is Cc1ccc(NS(=O)(=O)c2ccc(Br)cc2N)cc1C. The highest BCUT2D eigenvalue weighted by Crippen LogP contribution is 2.25. The Labute approximate surface area is 127 Å². The van der Waals surface area contributed by atoms with Crippen LogP contribution >= 0.6 is 15.9 Å². The zero-order valence-corrected chi connectivity index (χ0v) is 13.5. The van der Waals surface area contributed by atoms with E-state index in [1.807, 2.05) is 19.9 Å². The number of nitrogen functional groups attached to an aromatic ring is 1. The molecule has 0 radical (unpaired) electrons. The van der Waals surface area contributed by atoms with Crippen molar-refractivity contribution >= 4 is 37.3 Å². The smallest absolute Gasteiger partial charge is 0.263 e. The van der Waals surface area contributed by atoms with Gasteiger partial charge in [-0.3, -0.25) is 4.72 Å². The predicted octanol–water partition coefficient (Wildman–Crippen LogP) is 3.45. The van der Waals surface area contributed by atoms with Crippen LogP contribution in [0.4, 0.5) is 11.4 Å². The molecule has 0 bridgehead atoms. The van der Waals surface area contributed by atoms with E-state index in [1.54, 1.807) is 24.3 Å². The Hall–Kier alpha value is -1.53. The first-order chi connectivity index (χ1) is 9.29. The number of halogens is 1. The first kappa shape index (κ1) is 14.9. The second-order valence-electron chi connectivity index (χ2n) is 4.59. The number of anilines is 2. The summed E-state index contributed by atoms with van der Waals surface area (Å²) >= 11 is 3.25. The zero-order valence-electron chi connectivity index (χ0n) is 11.1. The van der Waals surface area contributed by atoms with Crippen molar-refractivity contribution in [3.05, 3.63) is 52.0 Å². The molecule has 0 spiro atoms. The van der Waals surface area contributed by atoms with Crippen LogP contribution in [0.5, 0.6) is 0 Å². The van der Waals surface area contributed by atoms with Crippen molar-refractivity contribution in [2.75, 3.05) is 10.5 Å². The number of rotatable bonds is 3. The normalized spacial score (nSPS) is 11.3. The molecule has 4 nitrogen and oxygen atoms in total. The van der Waals surface area contributed by atoms with E-state index in [2.05, 4.69) is 20.7 Å². The average molecular weight is 355 g/mol. The quantitative estimate of drug-likeness (QED) is 0.829. The summed E-state index contributed by atoms with van der Waals surface area (Å²) in [6.45, 7) is 3.90. The van der Waals surface area contributed by atoms with Crippen molar-refractivity contribution in [3.63, 3.8) is 0 Å². The predicted molar refractivity (Wildman–Crippen MR) is 85.3 cm³/mol. The Morgan fingerprint density at radius 2 is 1.75 bits per heavy atom. The van der Waals surface area contributed by atoms with Crippen LogP contribution in [0.3, 0.4) is 0 Å². The van der Waals surface area contributed by atoms with Gasteiger partial charge in [0.15, 0.2) is 0 Å². The molecule has 6 heteroatoms. The van der Waals surface area contributed by atoms with E-state index in [0.717, 1.165) is 15.6 Å². The molecule has 0 amide bonds. The van der Waals surface area contributed by atoms with Crippen molar-refractivity contribution in [2.45, 2.75) is 18.7 Å². The van der Waals surface area contributed by atoms with Crippen LogP contribution in [0.25, 0.3) is 0 Å². The standard InChI is InChI=1S/C14H15BrN2O2S/c1-9-3-5-12(7-10(9)2)17-20(18,19)14-6-4-11(15)8-13(14)16/h3-8,17H,16H2,1-2H3. The van der Waals surface area contributed by atoms with Crippen LogP contribution in [-0.2, 0) is 10.0 Å². The van der Waals surface area contributed by atoms with E-state index in [-0.39, 0.29) is 10.6 Å². The maximum Gasteiger partial charge on any atom is 0.263 e. The highest BCUT2D eigenvalue weighted by molar-refractivity contribution is 9.10. The molecule has 2 rings (SSSR count). The van der Waals surface area contributed by atoms with Gasteiger partial charge in [0.25, 0.3) is 10.0 Å². The van der Waals surface area contributed by atoms with Gasteiger partial charge in [-0.2, -0.15) is 0 Å². The van der Waals surface area contributed by atoms with Gasteiger partial charge in [-0.1, -0.05) is 22.0 Å². The van der Waals surface area contributed by atoms with Gasteiger partial charge < -0.3 is 5.73 Å². The third kappa shape index (κ3) is 3.13. The van der Waals surface area contributed by atoms with Crippen molar-refractivity contribution in [2.24, 2.45) is 0 Å². The molecule has 0 aliphatic carbocycles. The van der Waals surface area contributed by atoms with Crippen LogP contribution in [0.2, 0.25) is 0 Å². The maximum absolute atomic E-state index is 12.3. The Morgan fingerprint density at radius 1 is 1.05 bits per heavy atom. The molecule has 3 N–H and O–H groups in total. The van der Waals surface area contributed by atoms with Crippen LogP contribution in [0.1, 0.15) is 11.1 Å². The molecule has 0 saturated carbocycles. The molecule has 0 atom stereocenters. The summed E-state index contributed by atoms with van der Waals surface area (Å²) in [5, 5.41) is 0. The summed E-state index contributed by atoms with van der Waals surface area (Å²) in [5.74, 6) is 0. The maximum atomic E-state index is 12.3. The Kier molecular flexibility index (Phi) is 4.06. The molecule has 0 unspecified atom stereocenters. The van der Waals surface area contributed by atoms with E-state index in [1.165, 1.54) is 6.07 Å². The summed E-state index contributed by atoms with van der Waals surface area (Å²) in [5.41, 5.74) is 8.62. The first-order valence-electron chi connectivity index (χ1n) is 5.95. The molecule has 0 saturated heterocycles. The van der Waals surface area contributed by atoms with Gasteiger partial charge in [0.2, 0.25) is 0 Å². The Balaban J connectivity index is 2.38. The first-order valence-corrected chi connectivity index (χ1v) is 8.22. The van der Waals surface area contributed by atoms with E-state index >= 15 is 0 Å². The Morgan fingerprint density at radius 3 is 2.35 bits per heavy atom. The topological polar surface area (TPSA) is 72.2 Å². The second kappa shape index (κ2) is 5.46. The van der Waals surface area contributed by atoms with Crippen LogP contribution in [0.15, 0.2) is 45.8 Å². The third-order valence-corrected chi connectivity index (χ3v) is 4.97. The van der Waals surface area contributed by atoms with E-state index < -0.39 is 10.0 Å². The Bertz CT molecular complexity index is 758. The molecule has 0 heterocycles. The van der Waals surface area contributed by atoms with Gasteiger partial charge in [-0.15, -0.1) is 0 Å². The highest BCUT2D eigenvalue weighted by Gasteiger charge is 2.17. The number of benzene rings is 2. The van der Waals surface area contributed by atoms with E-state index in [9.17, 15) is 8.42 Å². The van der Waals surface area contributed by atoms with Crippen LogP contribution in [-0.4, -0.2) is 8.42 Å². The lowest BCUT2D eigenvalue weighted by Crippen LogP contribution is -2.14. The molecular formula is C14H15BrN2O2S. The van der Waals surface area contributed by atoms with Crippen molar-refractivity contribution in [3.8, 4) is 0 Å². The average Bonchev–Trinajstić information content (AvgIpc) is 2.33. The number of hydrogen-bond acceptors (Lipinski definition) is 3. The lowest BCUT2D eigenvalue weighted by atomic mass is 10.1. The molecule has 20 heavy (non-hydrogen) atoms. The van der Waals surface area contributed by atoms with Crippen molar-refractivity contribution in [1.82, 2.24) is 0 Å². The summed E-state index contributed by atoms with van der Waals surface area (Å²) < 4.78 is 27.9. The zero-order chi connectivity index (χ0) is 14.9. The van der Waals surface area contributed by atoms with Crippen LogP contribution in [0, 0.1) is 13.8 Å².